The predicted octanol–water partition coefficient (Wildman–Crippen LogP) is 0.173. The second-order valence-corrected chi connectivity index (χ2v) is 7.70. The molecule has 0 unspecified atom stereocenters. The molecule has 3 heterocycles. The minimum absolute atomic E-state index is 0.122. The highest BCUT2D eigenvalue weighted by atomic mass is 16.5. The fraction of sp³-hybridized carbons (Fsp3) is 0.941. The van der Waals surface area contributed by atoms with Crippen molar-refractivity contribution < 1.29 is 14.3 Å². The highest BCUT2D eigenvalue weighted by Crippen LogP contribution is 2.39. The molecule has 6 heteroatoms. The van der Waals surface area contributed by atoms with Crippen LogP contribution in [0.5, 0.6) is 0 Å². The molecule has 1 spiro atoms. The number of piperazine rings is 1. The van der Waals surface area contributed by atoms with Crippen LogP contribution in [0.15, 0.2) is 0 Å². The molecule has 0 bridgehead atoms. The molecule has 4 rings (SSSR count). The predicted molar refractivity (Wildman–Crippen MR) is 86.3 cm³/mol. The first kappa shape index (κ1) is 15.8. The van der Waals surface area contributed by atoms with Crippen molar-refractivity contribution >= 4 is 5.91 Å². The van der Waals surface area contributed by atoms with Gasteiger partial charge in [-0.2, -0.15) is 0 Å². The molecule has 1 amide bonds. The monoisotopic (exact) mass is 323 g/mol. The summed E-state index contributed by atoms with van der Waals surface area (Å²) in [6, 6.07) is 1.13. The number of hydrogen-bond donors (Lipinski definition) is 0. The summed E-state index contributed by atoms with van der Waals surface area (Å²) in [5.74, 6) is 0.122. The number of amides is 1. The van der Waals surface area contributed by atoms with Gasteiger partial charge in [0.1, 0.15) is 6.61 Å². The average Bonchev–Trinajstić information content (AvgIpc) is 3.05. The normalized spacial score (nSPS) is 32.0. The number of ether oxygens (including phenoxy) is 2. The summed E-state index contributed by atoms with van der Waals surface area (Å²) in [5, 5.41) is 0. The van der Waals surface area contributed by atoms with Gasteiger partial charge in [-0.05, 0) is 12.8 Å². The number of hydrogen-bond acceptors (Lipinski definition) is 5. The van der Waals surface area contributed by atoms with Crippen LogP contribution >= 0.6 is 0 Å². The summed E-state index contributed by atoms with van der Waals surface area (Å²) in [7, 11) is 1.60. The molecule has 0 N–H and O–H groups in total. The summed E-state index contributed by atoms with van der Waals surface area (Å²) in [6.07, 6.45) is 5.48. The zero-order chi connectivity index (χ0) is 15.9. The van der Waals surface area contributed by atoms with Crippen LogP contribution in [0.1, 0.15) is 25.7 Å². The van der Waals surface area contributed by atoms with E-state index < -0.39 is 0 Å². The van der Waals surface area contributed by atoms with Gasteiger partial charge in [-0.15, -0.1) is 0 Å². The van der Waals surface area contributed by atoms with E-state index in [1.165, 1.54) is 25.7 Å². The number of rotatable bonds is 3. The van der Waals surface area contributed by atoms with E-state index in [9.17, 15) is 4.79 Å². The standard InChI is InChI=1S/C17H29N3O3/c1-22-10-16(21)18-8-15-9-23-7-6-20(15)17(11-18)12-19(13-17)14-4-2-3-5-14/h14-15H,2-13H2,1H3/t15-/m1/s1. The Labute approximate surface area is 138 Å². The lowest BCUT2D eigenvalue weighted by molar-refractivity contribution is -0.181. The van der Waals surface area contributed by atoms with Crippen LogP contribution in [-0.4, -0.2) is 97.9 Å². The minimum atomic E-state index is 0.122. The van der Waals surface area contributed by atoms with E-state index in [1.54, 1.807) is 7.11 Å². The van der Waals surface area contributed by atoms with Crippen LogP contribution in [0.25, 0.3) is 0 Å². The minimum Gasteiger partial charge on any atom is -0.378 e. The number of carbonyl (C=O) groups is 1. The molecule has 6 nitrogen and oxygen atoms in total. The third-order valence-corrected chi connectivity index (χ3v) is 6.21. The largest absolute Gasteiger partial charge is 0.378 e. The van der Waals surface area contributed by atoms with E-state index in [0.29, 0.717) is 6.04 Å². The maximum atomic E-state index is 12.4. The Morgan fingerprint density at radius 2 is 2.00 bits per heavy atom. The van der Waals surface area contributed by atoms with E-state index in [2.05, 4.69) is 9.80 Å². The summed E-state index contributed by atoms with van der Waals surface area (Å²) in [6.45, 7) is 6.65. The van der Waals surface area contributed by atoms with Crippen molar-refractivity contribution in [1.29, 1.82) is 0 Å². The highest BCUT2D eigenvalue weighted by molar-refractivity contribution is 5.77. The van der Waals surface area contributed by atoms with Crippen LogP contribution in [0.2, 0.25) is 0 Å². The van der Waals surface area contributed by atoms with Crippen molar-refractivity contribution in [3.63, 3.8) is 0 Å². The maximum Gasteiger partial charge on any atom is 0.248 e. The summed E-state index contributed by atoms with van der Waals surface area (Å²) in [4.78, 5) is 19.7. The molecule has 4 aliphatic rings. The van der Waals surface area contributed by atoms with Gasteiger partial charge in [0.15, 0.2) is 0 Å². The van der Waals surface area contributed by atoms with Crippen molar-refractivity contribution in [2.75, 3.05) is 59.7 Å². The lowest BCUT2D eigenvalue weighted by Gasteiger charge is -2.64. The van der Waals surface area contributed by atoms with E-state index in [4.69, 9.17) is 9.47 Å². The van der Waals surface area contributed by atoms with E-state index in [0.717, 1.165) is 52.0 Å². The Morgan fingerprint density at radius 1 is 1.22 bits per heavy atom. The number of methoxy groups -OCH3 is 1. The first-order chi connectivity index (χ1) is 11.2. The van der Waals surface area contributed by atoms with E-state index in [-0.39, 0.29) is 18.1 Å². The molecule has 1 atom stereocenters. The third-order valence-electron chi connectivity index (χ3n) is 6.21. The number of likely N-dealkylation sites (tertiary alicyclic amines) is 1. The average molecular weight is 323 g/mol. The molecule has 3 aliphatic heterocycles. The molecule has 4 fully saturated rings. The lowest BCUT2D eigenvalue weighted by Crippen LogP contribution is -2.81. The Hall–Kier alpha value is -0.690. The fourth-order valence-electron chi connectivity index (χ4n) is 5.12. The Morgan fingerprint density at radius 3 is 2.74 bits per heavy atom. The first-order valence-electron chi connectivity index (χ1n) is 9.07. The smallest absolute Gasteiger partial charge is 0.248 e. The highest BCUT2D eigenvalue weighted by Gasteiger charge is 2.55. The summed E-state index contributed by atoms with van der Waals surface area (Å²) >= 11 is 0. The second-order valence-electron chi connectivity index (χ2n) is 7.70. The number of morpholine rings is 1. The van der Waals surface area contributed by atoms with Crippen molar-refractivity contribution in [3.8, 4) is 0 Å². The number of fused-ring (bicyclic) bond motifs is 2. The first-order valence-corrected chi connectivity index (χ1v) is 9.07. The molecule has 0 radical (unpaired) electrons. The van der Waals surface area contributed by atoms with E-state index in [1.807, 2.05) is 4.90 Å². The quantitative estimate of drug-likeness (QED) is 0.741. The zero-order valence-electron chi connectivity index (χ0n) is 14.2. The molecule has 0 aromatic heterocycles. The molecule has 1 saturated carbocycles. The van der Waals surface area contributed by atoms with Crippen molar-refractivity contribution in [1.82, 2.24) is 14.7 Å². The third kappa shape index (κ3) is 2.80. The van der Waals surface area contributed by atoms with Gasteiger partial charge in [0, 0.05) is 45.9 Å². The molecular formula is C17H29N3O3. The molecule has 3 saturated heterocycles. The fourth-order valence-corrected chi connectivity index (χ4v) is 5.12. The van der Waals surface area contributed by atoms with Gasteiger partial charge < -0.3 is 14.4 Å². The van der Waals surface area contributed by atoms with Crippen molar-refractivity contribution in [2.24, 2.45) is 0 Å². The van der Waals surface area contributed by atoms with Crippen molar-refractivity contribution in [3.05, 3.63) is 0 Å². The summed E-state index contributed by atoms with van der Waals surface area (Å²) < 4.78 is 10.8. The molecular weight excluding hydrogens is 294 g/mol. The van der Waals surface area contributed by atoms with Gasteiger partial charge in [-0.1, -0.05) is 12.8 Å². The second kappa shape index (κ2) is 6.31. The lowest BCUT2D eigenvalue weighted by atomic mass is 9.81. The van der Waals surface area contributed by atoms with Gasteiger partial charge in [-0.3, -0.25) is 14.6 Å². The molecule has 1 aliphatic carbocycles. The Kier molecular flexibility index (Phi) is 4.34. The van der Waals surface area contributed by atoms with Crippen LogP contribution in [0.3, 0.4) is 0 Å². The Balaban J connectivity index is 1.48. The van der Waals surface area contributed by atoms with Crippen LogP contribution in [0, 0.1) is 0 Å². The number of carbonyl (C=O) groups excluding carboxylic acids is 1. The topological polar surface area (TPSA) is 45.2 Å². The molecule has 23 heavy (non-hydrogen) atoms. The molecule has 0 aromatic carbocycles. The maximum absolute atomic E-state index is 12.4. The van der Waals surface area contributed by atoms with Crippen LogP contribution < -0.4 is 0 Å². The SMILES string of the molecule is COCC(=O)N1C[C@@H]2COCCN2C2(C1)CN(C1CCCC1)C2. The van der Waals surface area contributed by atoms with Gasteiger partial charge in [0.2, 0.25) is 5.91 Å². The van der Waals surface area contributed by atoms with Crippen LogP contribution in [0.4, 0.5) is 0 Å². The van der Waals surface area contributed by atoms with Gasteiger partial charge >= 0.3 is 0 Å². The van der Waals surface area contributed by atoms with Gasteiger partial charge in [0.25, 0.3) is 0 Å². The molecule has 130 valence electrons. The zero-order valence-corrected chi connectivity index (χ0v) is 14.2. The van der Waals surface area contributed by atoms with Gasteiger partial charge in [0.05, 0.1) is 24.8 Å². The Bertz CT molecular complexity index is 446. The van der Waals surface area contributed by atoms with Crippen molar-refractivity contribution in [2.45, 2.75) is 43.3 Å². The molecule has 0 aromatic rings. The number of nitrogens with zero attached hydrogens (tertiary/aromatic N) is 3. The van der Waals surface area contributed by atoms with Crippen LogP contribution in [-0.2, 0) is 14.3 Å². The van der Waals surface area contributed by atoms with E-state index >= 15 is 0 Å². The van der Waals surface area contributed by atoms with Gasteiger partial charge in [-0.25, -0.2) is 0 Å². The summed E-state index contributed by atoms with van der Waals surface area (Å²) in [5.41, 5.74) is 0.151.